The summed E-state index contributed by atoms with van der Waals surface area (Å²) < 4.78 is 1.77. The first-order chi connectivity index (χ1) is 12.9. The van der Waals surface area contributed by atoms with Crippen LogP contribution < -0.4 is 0 Å². The van der Waals surface area contributed by atoms with Gasteiger partial charge in [0.05, 0.1) is 23.5 Å². The molecule has 6 heteroatoms. The number of benzene rings is 1. The molecule has 0 saturated heterocycles. The second-order valence-electron chi connectivity index (χ2n) is 5.74. The minimum atomic E-state index is 0.722. The largest absolute Gasteiger partial charge is 0.261 e. The Bertz CT molecular complexity index is 1290. The number of rotatable bonds is 1. The molecular formula is C20H12N6. The molecule has 0 unspecified atom stereocenters. The van der Waals surface area contributed by atoms with Crippen molar-refractivity contribution in [3.05, 3.63) is 78.4 Å². The molecule has 0 aliphatic rings. The average Bonchev–Trinajstić information content (AvgIpc) is 3.33. The second kappa shape index (κ2) is 5.83. The van der Waals surface area contributed by atoms with Gasteiger partial charge >= 0.3 is 0 Å². The van der Waals surface area contributed by atoms with E-state index in [1.54, 1.807) is 23.1 Å². The highest BCUT2D eigenvalue weighted by molar-refractivity contribution is 5.81. The van der Waals surface area contributed by atoms with Crippen LogP contribution in [0.1, 0.15) is 11.3 Å². The van der Waals surface area contributed by atoms with Gasteiger partial charge in [0.25, 0.3) is 0 Å². The maximum atomic E-state index is 4.69. The fraction of sp³-hybridized carbons (Fsp3) is 0. The van der Waals surface area contributed by atoms with Crippen molar-refractivity contribution in [1.82, 2.24) is 29.8 Å². The molecule has 0 aliphatic carbocycles. The first-order valence-corrected chi connectivity index (χ1v) is 8.09. The highest BCUT2D eigenvalue weighted by Crippen LogP contribution is 2.17. The average molecular weight is 336 g/mol. The first kappa shape index (κ1) is 14.4. The topological polar surface area (TPSA) is 71.8 Å². The van der Waals surface area contributed by atoms with Gasteiger partial charge in [-0.05, 0) is 24.1 Å². The van der Waals surface area contributed by atoms with Crippen molar-refractivity contribution in [2.24, 2.45) is 0 Å². The van der Waals surface area contributed by atoms with Crippen LogP contribution in [-0.2, 0) is 0 Å². The smallest absolute Gasteiger partial charge is 0.156 e. The molecule has 5 aromatic rings. The van der Waals surface area contributed by atoms with Gasteiger partial charge in [0, 0.05) is 17.3 Å². The number of fused-ring (bicyclic) bond motifs is 2. The first-order valence-electron chi connectivity index (χ1n) is 8.09. The Morgan fingerprint density at radius 2 is 1.81 bits per heavy atom. The van der Waals surface area contributed by atoms with Gasteiger partial charge in [-0.25, -0.2) is 14.5 Å². The molecule has 4 heterocycles. The maximum Gasteiger partial charge on any atom is 0.156 e. The lowest BCUT2D eigenvalue weighted by atomic mass is 10.1. The third-order valence-corrected chi connectivity index (χ3v) is 4.11. The normalized spacial score (nSPS) is 10.8. The van der Waals surface area contributed by atoms with Gasteiger partial charge in [0.15, 0.2) is 11.3 Å². The molecule has 122 valence electrons. The molecular weight excluding hydrogens is 324 g/mol. The van der Waals surface area contributed by atoms with Gasteiger partial charge in [-0.2, -0.15) is 10.2 Å². The van der Waals surface area contributed by atoms with E-state index in [2.05, 4.69) is 32.0 Å². The number of aromatic amines is 1. The molecule has 6 nitrogen and oxygen atoms in total. The molecule has 0 atom stereocenters. The van der Waals surface area contributed by atoms with Crippen molar-refractivity contribution < 1.29 is 0 Å². The number of hydrogen-bond acceptors (Lipinski definition) is 4. The van der Waals surface area contributed by atoms with Gasteiger partial charge in [-0.1, -0.05) is 36.3 Å². The minimum Gasteiger partial charge on any atom is -0.261 e. The number of nitrogens with zero attached hydrogens (tertiary/aromatic N) is 5. The van der Waals surface area contributed by atoms with E-state index >= 15 is 0 Å². The molecule has 0 saturated carbocycles. The predicted octanol–water partition coefficient (Wildman–Crippen LogP) is 3.07. The summed E-state index contributed by atoms with van der Waals surface area (Å²) in [7, 11) is 0. The molecule has 0 aliphatic heterocycles. The quantitative estimate of drug-likeness (QED) is 0.478. The fourth-order valence-electron chi connectivity index (χ4n) is 2.81. The van der Waals surface area contributed by atoms with Crippen molar-refractivity contribution >= 4 is 16.7 Å². The summed E-state index contributed by atoms with van der Waals surface area (Å²) in [5.74, 6) is 6.34. The van der Waals surface area contributed by atoms with Crippen LogP contribution in [0.4, 0.5) is 0 Å². The predicted molar refractivity (Wildman–Crippen MR) is 98.3 cm³/mol. The van der Waals surface area contributed by atoms with E-state index < -0.39 is 0 Å². The zero-order valence-electron chi connectivity index (χ0n) is 13.6. The van der Waals surface area contributed by atoms with Gasteiger partial charge in [-0.15, -0.1) is 0 Å². The minimum absolute atomic E-state index is 0.722. The van der Waals surface area contributed by atoms with Crippen LogP contribution in [-0.4, -0.2) is 29.8 Å². The van der Waals surface area contributed by atoms with Crippen LogP contribution >= 0.6 is 0 Å². The van der Waals surface area contributed by atoms with Gasteiger partial charge in [0.1, 0.15) is 5.69 Å². The third kappa shape index (κ3) is 2.39. The molecule has 4 aromatic heterocycles. The SMILES string of the molecule is C(#Cc1cnc2ccc(-c3ccccc3)nn12)c1ccnc2[nH]ncc12. The summed E-state index contributed by atoms with van der Waals surface area (Å²) in [4.78, 5) is 8.61. The van der Waals surface area contributed by atoms with Crippen LogP contribution in [0, 0.1) is 11.8 Å². The monoisotopic (exact) mass is 336 g/mol. The maximum absolute atomic E-state index is 4.69. The summed E-state index contributed by atoms with van der Waals surface area (Å²) in [5, 5.41) is 12.5. The van der Waals surface area contributed by atoms with Crippen LogP contribution in [0.5, 0.6) is 0 Å². The van der Waals surface area contributed by atoms with Crippen LogP contribution in [0.2, 0.25) is 0 Å². The number of nitrogens with one attached hydrogen (secondary N) is 1. The summed E-state index contributed by atoms with van der Waals surface area (Å²) >= 11 is 0. The van der Waals surface area contributed by atoms with E-state index in [1.165, 1.54) is 0 Å². The lowest BCUT2D eigenvalue weighted by molar-refractivity contribution is 0.930. The summed E-state index contributed by atoms with van der Waals surface area (Å²) in [6, 6.07) is 15.8. The number of aromatic nitrogens is 6. The van der Waals surface area contributed by atoms with Gasteiger partial charge in [0.2, 0.25) is 0 Å². The summed E-state index contributed by atoms with van der Waals surface area (Å²) in [5.41, 5.74) is 5.00. The van der Waals surface area contributed by atoms with Crippen molar-refractivity contribution in [3.8, 4) is 23.1 Å². The van der Waals surface area contributed by atoms with Crippen molar-refractivity contribution in [2.75, 3.05) is 0 Å². The Morgan fingerprint density at radius 3 is 2.73 bits per heavy atom. The molecule has 1 N–H and O–H groups in total. The highest BCUT2D eigenvalue weighted by Gasteiger charge is 2.06. The number of imidazole rings is 1. The second-order valence-corrected chi connectivity index (χ2v) is 5.74. The van der Waals surface area contributed by atoms with Crippen LogP contribution in [0.3, 0.4) is 0 Å². The van der Waals surface area contributed by atoms with Crippen molar-refractivity contribution in [2.45, 2.75) is 0 Å². The zero-order valence-corrected chi connectivity index (χ0v) is 13.6. The van der Waals surface area contributed by atoms with E-state index in [9.17, 15) is 0 Å². The number of pyridine rings is 1. The van der Waals surface area contributed by atoms with E-state index in [0.29, 0.717) is 0 Å². The Morgan fingerprint density at radius 1 is 0.885 bits per heavy atom. The number of H-pyrrole nitrogens is 1. The van der Waals surface area contributed by atoms with Gasteiger partial charge in [-0.3, -0.25) is 5.10 Å². The molecule has 0 spiro atoms. The van der Waals surface area contributed by atoms with Crippen molar-refractivity contribution in [3.63, 3.8) is 0 Å². The van der Waals surface area contributed by atoms with E-state index in [1.807, 2.05) is 48.5 Å². The van der Waals surface area contributed by atoms with E-state index in [0.717, 1.165) is 39.2 Å². The Labute approximate surface area is 148 Å². The molecule has 0 bridgehead atoms. The molecule has 1 aromatic carbocycles. The lowest BCUT2D eigenvalue weighted by Gasteiger charge is -2.01. The fourth-order valence-corrected chi connectivity index (χ4v) is 2.81. The van der Waals surface area contributed by atoms with Gasteiger partial charge < -0.3 is 0 Å². The van der Waals surface area contributed by atoms with E-state index in [-0.39, 0.29) is 0 Å². The molecule has 26 heavy (non-hydrogen) atoms. The molecule has 5 rings (SSSR count). The molecule has 0 fully saturated rings. The molecule has 0 amide bonds. The Hall–Kier alpha value is -3.98. The lowest BCUT2D eigenvalue weighted by Crippen LogP contribution is -1.96. The number of hydrogen-bond donors (Lipinski definition) is 1. The Kier molecular flexibility index (Phi) is 3.22. The van der Waals surface area contributed by atoms with Crippen LogP contribution in [0.15, 0.2) is 67.1 Å². The summed E-state index contributed by atoms with van der Waals surface area (Å²) in [6.07, 6.45) is 5.18. The Balaban J connectivity index is 1.61. The zero-order chi connectivity index (χ0) is 17.3. The third-order valence-electron chi connectivity index (χ3n) is 4.11. The standard InChI is InChI=1S/C20H12N6/c1-2-4-15(5-3-1)18-8-9-19-22-12-16(26(19)25-18)7-6-14-10-11-21-20-17(14)13-23-24-20/h1-5,8-13H,(H,21,23,24). The van der Waals surface area contributed by atoms with Crippen LogP contribution in [0.25, 0.3) is 27.9 Å². The van der Waals surface area contributed by atoms with E-state index in [4.69, 9.17) is 5.10 Å². The summed E-state index contributed by atoms with van der Waals surface area (Å²) in [6.45, 7) is 0. The molecule has 0 radical (unpaired) electrons. The van der Waals surface area contributed by atoms with Crippen molar-refractivity contribution in [1.29, 1.82) is 0 Å². The highest BCUT2D eigenvalue weighted by atomic mass is 15.3.